The quantitative estimate of drug-likeness (QED) is 0.183. The molecule has 0 radical (unpaired) electrons. The summed E-state index contributed by atoms with van der Waals surface area (Å²) in [5, 5.41) is 5.72. The Morgan fingerprint density at radius 1 is 1.19 bits per heavy atom. The molecule has 1 heterocycles. The van der Waals surface area contributed by atoms with Crippen LogP contribution in [0.25, 0.3) is 32.2 Å². The van der Waals surface area contributed by atoms with E-state index in [0.717, 1.165) is 10.8 Å². The fourth-order valence-electron chi connectivity index (χ4n) is 2.25. The van der Waals surface area contributed by atoms with Crippen molar-refractivity contribution in [3.8, 4) is 0 Å². The Hall–Kier alpha value is -3.11. The summed E-state index contributed by atoms with van der Waals surface area (Å²) < 4.78 is 5.19. The molecule has 3 aromatic rings. The molecule has 0 bridgehead atoms. The van der Waals surface area contributed by atoms with E-state index in [1.54, 1.807) is 6.07 Å². The van der Waals surface area contributed by atoms with Crippen LogP contribution in [0.4, 0.5) is 0 Å². The van der Waals surface area contributed by atoms with Crippen LogP contribution in [0.3, 0.4) is 0 Å². The third-order valence-electron chi connectivity index (χ3n) is 3.22. The molecule has 1 aromatic heterocycles. The molecule has 0 aliphatic heterocycles. The number of ketones is 1. The van der Waals surface area contributed by atoms with Crippen LogP contribution in [0.15, 0.2) is 56.8 Å². The molecule has 0 fully saturated rings. The Balaban J connectivity index is 2.30. The molecule has 6 nitrogen and oxygen atoms in total. The van der Waals surface area contributed by atoms with E-state index >= 15 is 0 Å². The standard InChI is InChI=1S/C15H9N3O3/c16-18-17-8-13(19)12-7-11-10-4-2-1-3-9(10)5-6-14(11)21-15(12)20/h1-7H,8H2. The van der Waals surface area contributed by atoms with Crippen molar-refractivity contribution >= 4 is 27.5 Å². The molecule has 0 atom stereocenters. The summed E-state index contributed by atoms with van der Waals surface area (Å²) in [6, 6.07) is 12.6. The summed E-state index contributed by atoms with van der Waals surface area (Å²) in [6.07, 6.45) is 0. The lowest BCUT2D eigenvalue weighted by Crippen LogP contribution is -2.15. The van der Waals surface area contributed by atoms with Gasteiger partial charge in [0.2, 0.25) is 0 Å². The van der Waals surface area contributed by atoms with Gasteiger partial charge in [-0.1, -0.05) is 35.4 Å². The predicted octanol–water partition coefficient (Wildman–Crippen LogP) is 3.44. The molecule has 0 saturated heterocycles. The number of fused-ring (bicyclic) bond motifs is 3. The van der Waals surface area contributed by atoms with Crippen molar-refractivity contribution in [2.24, 2.45) is 5.11 Å². The number of hydrogen-bond acceptors (Lipinski definition) is 4. The van der Waals surface area contributed by atoms with Gasteiger partial charge in [0.25, 0.3) is 0 Å². The molecular weight excluding hydrogens is 270 g/mol. The Morgan fingerprint density at radius 2 is 2.00 bits per heavy atom. The number of benzene rings is 2. The van der Waals surface area contributed by atoms with Gasteiger partial charge in [-0.05, 0) is 28.4 Å². The van der Waals surface area contributed by atoms with E-state index < -0.39 is 18.0 Å². The predicted molar refractivity (Wildman–Crippen MR) is 78.3 cm³/mol. The first kappa shape index (κ1) is 12.9. The number of carbonyl (C=O) groups excluding carboxylic acids is 1. The van der Waals surface area contributed by atoms with Crippen LogP contribution in [0.5, 0.6) is 0 Å². The van der Waals surface area contributed by atoms with Crippen LogP contribution in [-0.4, -0.2) is 12.3 Å². The second-order valence-electron chi connectivity index (χ2n) is 4.46. The monoisotopic (exact) mass is 279 g/mol. The Kier molecular flexibility index (Phi) is 3.14. The highest BCUT2D eigenvalue weighted by Crippen LogP contribution is 2.24. The first-order valence-corrected chi connectivity index (χ1v) is 6.20. The summed E-state index contributed by atoms with van der Waals surface area (Å²) >= 11 is 0. The second-order valence-corrected chi connectivity index (χ2v) is 4.46. The molecule has 0 spiro atoms. The lowest BCUT2D eigenvalue weighted by molar-refractivity contribution is 0.0998. The van der Waals surface area contributed by atoms with Crippen molar-refractivity contribution in [3.63, 3.8) is 0 Å². The molecule has 0 saturated carbocycles. The van der Waals surface area contributed by atoms with E-state index in [4.69, 9.17) is 9.95 Å². The summed E-state index contributed by atoms with van der Waals surface area (Å²) in [6.45, 7) is -0.405. The van der Waals surface area contributed by atoms with Crippen LogP contribution < -0.4 is 5.63 Å². The molecule has 0 N–H and O–H groups in total. The smallest absolute Gasteiger partial charge is 0.347 e. The molecule has 102 valence electrons. The van der Waals surface area contributed by atoms with E-state index in [0.29, 0.717) is 11.0 Å². The summed E-state index contributed by atoms with van der Waals surface area (Å²) in [5.74, 6) is -0.559. The summed E-state index contributed by atoms with van der Waals surface area (Å²) in [5.41, 5.74) is 7.83. The van der Waals surface area contributed by atoms with Crippen molar-refractivity contribution in [1.29, 1.82) is 0 Å². The molecule has 0 aliphatic rings. The van der Waals surface area contributed by atoms with Crippen molar-refractivity contribution < 1.29 is 9.21 Å². The maximum Gasteiger partial charge on any atom is 0.347 e. The van der Waals surface area contributed by atoms with Gasteiger partial charge in [0.1, 0.15) is 11.1 Å². The van der Waals surface area contributed by atoms with Gasteiger partial charge in [0.05, 0.1) is 6.54 Å². The molecule has 6 heteroatoms. The summed E-state index contributed by atoms with van der Waals surface area (Å²) in [4.78, 5) is 26.2. The zero-order valence-corrected chi connectivity index (χ0v) is 10.8. The van der Waals surface area contributed by atoms with Crippen LogP contribution in [-0.2, 0) is 0 Å². The van der Waals surface area contributed by atoms with E-state index in [1.165, 1.54) is 6.07 Å². The van der Waals surface area contributed by atoms with Gasteiger partial charge in [0, 0.05) is 10.3 Å². The number of rotatable bonds is 3. The molecule has 0 unspecified atom stereocenters. The van der Waals surface area contributed by atoms with Crippen LogP contribution >= 0.6 is 0 Å². The molecule has 0 amide bonds. The highest BCUT2D eigenvalue weighted by atomic mass is 16.4. The van der Waals surface area contributed by atoms with Crippen molar-refractivity contribution in [2.45, 2.75) is 0 Å². The highest BCUT2D eigenvalue weighted by Gasteiger charge is 2.14. The maximum atomic E-state index is 11.9. The van der Waals surface area contributed by atoms with E-state index in [2.05, 4.69) is 10.0 Å². The molecular formula is C15H9N3O3. The van der Waals surface area contributed by atoms with Gasteiger partial charge in [-0.2, -0.15) is 0 Å². The maximum absolute atomic E-state index is 11.9. The third-order valence-corrected chi connectivity index (χ3v) is 3.22. The van der Waals surface area contributed by atoms with Crippen LogP contribution in [0.1, 0.15) is 10.4 Å². The first-order valence-electron chi connectivity index (χ1n) is 6.20. The fourth-order valence-corrected chi connectivity index (χ4v) is 2.25. The largest absolute Gasteiger partial charge is 0.422 e. The van der Waals surface area contributed by atoms with Gasteiger partial charge < -0.3 is 4.42 Å². The minimum absolute atomic E-state index is 0.105. The second kappa shape index (κ2) is 5.11. The number of hydrogen-bond donors (Lipinski definition) is 0. The third kappa shape index (κ3) is 2.24. The number of nitrogens with zero attached hydrogens (tertiary/aromatic N) is 3. The van der Waals surface area contributed by atoms with Gasteiger partial charge in [-0.25, -0.2) is 4.79 Å². The van der Waals surface area contributed by atoms with Gasteiger partial charge >= 0.3 is 5.63 Å². The lowest BCUT2D eigenvalue weighted by atomic mass is 10.0. The molecule has 3 rings (SSSR count). The molecule has 0 aliphatic carbocycles. The average molecular weight is 279 g/mol. The van der Waals surface area contributed by atoms with Gasteiger partial charge in [0.15, 0.2) is 5.78 Å². The topological polar surface area (TPSA) is 96.0 Å². The van der Waals surface area contributed by atoms with E-state index in [-0.39, 0.29) is 5.56 Å². The van der Waals surface area contributed by atoms with Gasteiger partial charge in [-0.3, -0.25) is 4.79 Å². The number of Topliss-reactive ketones (excluding diaryl/α,β-unsaturated/α-hetero) is 1. The minimum Gasteiger partial charge on any atom is -0.422 e. The lowest BCUT2D eigenvalue weighted by Gasteiger charge is -2.04. The highest BCUT2D eigenvalue weighted by molar-refractivity contribution is 6.08. The first-order chi connectivity index (χ1) is 10.2. The number of carbonyl (C=O) groups is 1. The SMILES string of the molecule is [N-]=[N+]=NCC(=O)c1cc2c(ccc3ccccc32)oc1=O. The van der Waals surface area contributed by atoms with Gasteiger partial charge in [-0.15, -0.1) is 0 Å². The Labute approximate surface area is 118 Å². The average Bonchev–Trinajstić information content (AvgIpc) is 2.51. The molecule has 21 heavy (non-hydrogen) atoms. The van der Waals surface area contributed by atoms with E-state index in [9.17, 15) is 9.59 Å². The Morgan fingerprint density at radius 3 is 2.81 bits per heavy atom. The fraction of sp³-hybridized carbons (Fsp3) is 0.0667. The van der Waals surface area contributed by atoms with Crippen LogP contribution in [0, 0.1) is 0 Å². The van der Waals surface area contributed by atoms with Crippen LogP contribution in [0.2, 0.25) is 0 Å². The number of azide groups is 1. The minimum atomic E-state index is -0.726. The van der Waals surface area contributed by atoms with Crippen molar-refractivity contribution in [1.82, 2.24) is 0 Å². The normalized spacial score (nSPS) is 10.5. The van der Waals surface area contributed by atoms with Crippen molar-refractivity contribution in [2.75, 3.05) is 6.54 Å². The summed E-state index contributed by atoms with van der Waals surface area (Å²) in [7, 11) is 0. The van der Waals surface area contributed by atoms with Crippen molar-refractivity contribution in [3.05, 3.63) is 68.9 Å². The Bertz CT molecular complexity index is 969. The zero-order chi connectivity index (χ0) is 14.8. The zero-order valence-electron chi connectivity index (χ0n) is 10.8. The molecule has 2 aromatic carbocycles. The van der Waals surface area contributed by atoms with E-state index in [1.807, 2.05) is 30.3 Å².